The topological polar surface area (TPSA) is 96.2 Å². The monoisotopic (exact) mass is 516 g/mol. The fourth-order valence-corrected chi connectivity index (χ4v) is 3.78. The van der Waals surface area contributed by atoms with Gasteiger partial charge in [0.25, 0.3) is 5.91 Å². The number of nitrogens with zero attached hydrogens (tertiary/aromatic N) is 2. The van der Waals surface area contributed by atoms with E-state index in [9.17, 15) is 27.9 Å². The number of anilines is 1. The molecule has 0 unspecified atom stereocenters. The highest BCUT2D eigenvalue weighted by Crippen LogP contribution is 2.34. The lowest BCUT2D eigenvalue weighted by Gasteiger charge is -2.25. The Morgan fingerprint density at radius 2 is 1.46 bits per heavy atom. The Labute approximate surface area is 213 Å². The first-order valence-electron chi connectivity index (χ1n) is 11.7. The van der Waals surface area contributed by atoms with Gasteiger partial charge in [-0.2, -0.15) is 5.10 Å². The third-order valence-corrected chi connectivity index (χ3v) is 6.00. The Balaban J connectivity index is 1.80. The van der Waals surface area contributed by atoms with Crippen molar-refractivity contribution in [3.63, 3.8) is 0 Å². The highest BCUT2D eigenvalue weighted by Gasteiger charge is 2.31. The van der Waals surface area contributed by atoms with Crippen molar-refractivity contribution in [2.24, 2.45) is 0 Å². The first-order valence-corrected chi connectivity index (χ1v) is 11.7. The predicted molar refractivity (Wildman–Crippen MR) is 133 cm³/mol. The number of hydrogen-bond donors (Lipinski definition) is 3. The van der Waals surface area contributed by atoms with Gasteiger partial charge in [0.1, 0.15) is 29.3 Å². The molecule has 0 aliphatic heterocycles. The molecular weight excluding hydrogens is 485 g/mol. The van der Waals surface area contributed by atoms with Crippen LogP contribution in [0.25, 0.3) is 0 Å². The molecule has 3 N–H and O–H groups in total. The first-order chi connectivity index (χ1) is 17.1. The van der Waals surface area contributed by atoms with Crippen molar-refractivity contribution >= 4 is 17.6 Å². The quantitative estimate of drug-likeness (QED) is 0.429. The Bertz CT molecular complexity index is 1280. The summed E-state index contributed by atoms with van der Waals surface area (Å²) in [5.41, 5.74) is 0.0389. The van der Waals surface area contributed by atoms with Gasteiger partial charge in [0.05, 0.1) is 11.2 Å². The Morgan fingerprint density at radius 3 is 2.00 bits per heavy atom. The van der Waals surface area contributed by atoms with Gasteiger partial charge in [0, 0.05) is 17.5 Å². The molecule has 0 bridgehead atoms. The second-order valence-electron chi connectivity index (χ2n) is 10.5. The second-order valence-corrected chi connectivity index (χ2v) is 10.5. The van der Waals surface area contributed by atoms with Crippen LogP contribution in [-0.4, -0.2) is 32.7 Å². The van der Waals surface area contributed by atoms with Gasteiger partial charge in [-0.1, -0.05) is 26.0 Å². The Morgan fingerprint density at radius 1 is 0.892 bits per heavy atom. The van der Waals surface area contributed by atoms with E-state index >= 15 is 0 Å². The smallest absolute Gasteiger partial charge is 0.254 e. The normalized spacial score (nSPS) is 13.7. The molecule has 0 aliphatic rings. The minimum atomic E-state index is -1.87. The van der Waals surface area contributed by atoms with Crippen molar-refractivity contribution in [1.29, 1.82) is 0 Å². The number of hydrogen-bond acceptors (Lipinski definition) is 4. The summed E-state index contributed by atoms with van der Waals surface area (Å²) in [6.07, 6.45) is -1.87. The first kappa shape index (κ1) is 27.9. The maximum Gasteiger partial charge on any atom is 0.254 e. The molecule has 3 rings (SSSR count). The molecule has 0 fully saturated rings. The number of nitrogens with one attached hydrogen (secondary N) is 2. The van der Waals surface area contributed by atoms with Crippen LogP contribution in [0, 0.1) is 17.5 Å². The average molecular weight is 517 g/mol. The minimum Gasteiger partial charge on any atom is -0.378 e. The van der Waals surface area contributed by atoms with Crippen molar-refractivity contribution in [2.75, 3.05) is 5.32 Å². The van der Waals surface area contributed by atoms with Crippen molar-refractivity contribution in [2.45, 2.75) is 64.6 Å². The van der Waals surface area contributed by atoms with Gasteiger partial charge in [-0.15, -0.1) is 0 Å². The average Bonchev–Trinajstić information content (AvgIpc) is 3.23. The number of amides is 2. The summed E-state index contributed by atoms with van der Waals surface area (Å²) in [7, 11) is 0. The predicted octanol–water partition coefficient (Wildman–Crippen LogP) is 4.56. The van der Waals surface area contributed by atoms with Crippen molar-refractivity contribution in [3.8, 4) is 0 Å². The fourth-order valence-electron chi connectivity index (χ4n) is 3.78. The number of benzene rings is 2. The molecule has 7 nitrogen and oxygen atoms in total. The van der Waals surface area contributed by atoms with E-state index in [1.54, 1.807) is 22.9 Å². The van der Waals surface area contributed by atoms with E-state index in [1.807, 2.05) is 34.6 Å². The molecule has 1 heterocycles. The van der Waals surface area contributed by atoms with E-state index in [-0.39, 0.29) is 11.4 Å². The van der Waals surface area contributed by atoms with Gasteiger partial charge in [-0.3, -0.25) is 9.59 Å². The highest BCUT2D eigenvalue weighted by molar-refractivity contribution is 5.97. The molecule has 2 atom stereocenters. The summed E-state index contributed by atoms with van der Waals surface area (Å²) >= 11 is 0. The van der Waals surface area contributed by atoms with E-state index < -0.39 is 46.5 Å². The Kier molecular flexibility index (Phi) is 7.83. The zero-order chi connectivity index (χ0) is 27.7. The van der Waals surface area contributed by atoms with Crippen LogP contribution in [0.1, 0.15) is 64.5 Å². The summed E-state index contributed by atoms with van der Waals surface area (Å²) in [4.78, 5) is 25.4. The van der Waals surface area contributed by atoms with Crippen LogP contribution in [-0.2, 0) is 20.5 Å². The molecule has 0 saturated heterocycles. The van der Waals surface area contributed by atoms with Crippen LogP contribution in [0.4, 0.5) is 19.0 Å². The molecule has 0 spiro atoms. The van der Waals surface area contributed by atoms with E-state index in [1.165, 1.54) is 19.1 Å². The molecular formula is C27H31F3N4O3. The molecule has 37 heavy (non-hydrogen) atoms. The number of halogens is 3. The van der Waals surface area contributed by atoms with E-state index in [0.29, 0.717) is 17.6 Å². The summed E-state index contributed by atoms with van der Waals surface area (Å²) in [6.45, 7) is 11.0. The van der Waals surface area contributed by atoms with Crippen LogP contribution in [0.2, 0.25) is 0 Å². The largest absolute Gasteiger partial charge is 0.378 e. The van der Waals surface area contributed by atoms with Gasteiger partial charge in [-0.05, 0) is 63.1 Å². The van der Waals surface area contributed by atoms with Gasteiger partial charge in [0.2, 0.25) is 5.91 Å². The summed E-state index contributed by atoms with van der Waals surface area (Å²) in [5.74, 6) is -3.45. The highest BCUT2D eigenvalue weighted by atomic mass is 19.1. The SMILES string of the molecule is C[C@H](NC(=O)[C@@H](O)c1cc(F)cc(F)c1)C(=O)Nc1cc(C(C)(C)c2ccc(F)cc2)nn1C(C)(C)C. The molecule has 0 radical (unpaired) electrons. The van der Waals surface area contributed by atoms with Crippen molar-refractivity contribution < 1.29 is 27.9 Å². The van der Waals surface area contributed by atoms with Crippen molar-refractivity contribution in [1.82, 2.24) is 15.1 Å². The molecule has 10 heteroatoms. The summed E-state index contributed by atoms with van der Waals surface area (Å²) in [6, 6.07) is 9.01. The van der Waals surface area contributed by atoms with E-state index in [2.05, 4.69) is 10.6 Å². The van der Waals surface area contributed by atoms with Gasteiger partial charge >= 0.3 is 0 Å². The van der Waals surface area contributed by atoms with Crippen LogP contribution in [0.15, 0.2) is 48.5 Å². The number of aromatic nitrogens is 2. The summed E-state index contributed by atoms with van der Waals surface area (Å²) in [5, 5.41) is 20.0. The van der Waals surface area contributed by atoms with Crippen molar-refractivity contribution in [3.05, 3.63) is 82.8 Å². The number of aliphatic hydroxyl groups is 1. The lowest BCUT2D eigenvalue weighted by atomic mass is 9.81. The summed E-state index contributed by atoms with van der Waals surface area (Å²) < 4.78 is 42.0. The Hall–Kier alpha value is -3.66. The lowest BCUT2D eigenvalue weighted by Crippen LogP contribution is -2.44. The molecule has 2 amide bonds. The number of aliphatic hydroxyl groups excluding tert-OH is 1. The van der Waals surface area contributed by atoms with Gasteiger partial charge in [0.15, 0.2) is 6.10 Å². The van der Waals surface area contributed by atoms with Gasteiger partial charge in [-0.25, -0.2) is 17.9 Å². The maximum absolute atomic E-state index is 13.5. The van der Waals surface area contributed by atoms with E-state index in [4.69, 9.17) is 5.10 Å². The minimum absolute atomic E-state index is 0.277. The number of carbonyl (C=O) groups is 2. The second kappa shape index (κ2) is 10.4. The molecule has 3 aromatic rings. The van der Waals surface area contributed by atoms with Crippen LogP contribution < -0.4 is 10.6 Å². The third-order valence-electron chi connectivity index (χ3n) is 6.00. The standard InChI is InChI=1S/C27H31F3N4O3/c1-15(31-25(37)23(35)16-11-19(29)13-20(30)12-16)24(36)32-22-14-21(33-34(22)26(2,3)4)27(5,6)17-7-9-18(28)10-8-17/h7-15,23,35H,1-6H3,(H,31,37)(H,32,36)/t15-,23-/m0/s1. The number of carbonyl (C=O) groups excluding carboxylic acids is 2. The third kappa shape index (κ3) is 6.37. The van der Waals surface area contributed by atoms with Crippen LogP contribution in [0.5, 0.6) is 0 Å². The molecule has 1 aromatic heterocycles. The molecule has 0 aliphatic carbocycles. The number of rotatable bonds is 7. The van der Waals surface area contributed by atoms with Gasteiger partial charge < -0.3 is 15.7 Å². The molecule has 2 aromatic carbocycles. The maximum atomic E-state index is 13.5. The molecule has 198 valence electrons. The lowest BCUT2D eigenvalue weighted by molar-refractivity contribution is -0.132. The van der Waals surface area contributed by atoms with Crippen LogP contribution >= 0.6 is 0 Å². The zero-order valence-corrected chi connectivity index (χ0v) is 21.6. The van der Waals surface area contributed by atoms with E-state index in [0.717, 1.165) is 17.7 Å². The fraction of sp³-hybridized carbons (Fsp3) is 0.370. The zero-order valence-electron chi connectivity index (χ0n) is 21.6. The molecule has 0 saturated carbocycles. The van der Waals surface area contributed by atoms with Crippen LogP contribution in [0.3, 0.4) is 0 Å².